The molecule has 0 aromatic rings. The standard InChI is InChI=1S/C20H28O6/c1-9-14-10(21)7-12-18(2)5-4-6-19(3,17(25)26)11(18)8-13(22)20(12,15(9)23)16(14)24/h10-14,16,21-22,24H,1,4-8H2,2-3H3,(H,25,26)/t10?,11-,12-,13?,14?,16?,18?,19-,20?/m0/s1. The Bertz CT molecular complexity index is 702. The van der Waals surface area contributed by atoms with Gasteiger partial charge in [0.1, 0.15) is 0 Å². The Morgan fingerprint density at radius 3 is 2.38 bits per heavy atom. The number of ketones is 1. The third-order valence-corrected chi connectivity index (χ3v) is 8.66. The number of carbonyl (C=O) groups excluding carboxylic acids is 1. The Balaban J connectivity index is 1.90. The van der Waals surface area contributed by atoms with Gasteiger partial charge in [0.2, 0.25) is 0 Å². The van der Waals surface area contributed by atoms with Gasteiger partial charge in [-0.15, -0.1) is 0 Å². The molecule has 0 aromatic carbocycles. The molecule has 4 N–H and O–H groups in total. The molecule has 0 aromatic heterocycles. The maximum atomic E-state index is 13.2. The largest absolute Gasteiger partial charge is 0.481 e. The molecule has 6 nitrogen and oxygen atoms in total. The summed E-state index contributed by atoms with van der Waals surface area (Å²) in [5.41, 5.74) is -2.69. The van der Waals surface area contributed by atoms with Crippen LogP contribution in [0.15, 0.2) is 12.2 Å². The average molecular weight is 364 g/mol. The SMILES string of the molecule is C=C1C(=O)C23C(O)C[C@H]4C(C)(CCC[C@]4(C)C(=O)O)[C@@H]2CC(O)C1C3O. The number of aliphatic carboxylic acids is 1. The molecule has 4 aliphatic rings. The predicted octanol–water partition coefficient (Wildman–Crippen LogP) is 1.13. The van der Waals surface area contributed by atoms with E-state index in [-0.39, 0.29) is 30.1 Å². The summed E-state index contributed by atoms with van der Waals surface area (Å²) in [7, 11) is 0. The fraction of sp³-hybridized carbons (Fsp3) is 0.800. The van der Waals surface area contributed by atoms with E-state index in [0.717, 1.165) is 6.42 Å². The molecule has 6 heteroatoms. The minimum Gasteiger partial charge on any atom is -0.481 e. The van der Waals surface area contributed by atoms with Crippen LogP contribution in [-0.2, 0) is 9.59 Å². The highest BCUT2D eigenvalue weighted by molar-refractivity contribution is 6.04. The lowest BCUT2D eigenvalue weighted by atomic mass is 9.39. The van der Waals surface area contributed by atoms with Gasteiger partial charge in [-0.1, -0.05) is 19.9 Å². The van der Waals surface area contributed by atoms with E-state index in [1.54, 1.807) is 6.92 Å². The van der Waals surface area contributed by atoms with Crippen molar-refractivity contribution in [2.45, 2.75) is 64.3 Å². The summed E-state index contributed by atoms with van der Waals surface area (Å²) in [4.78, 5) is 25.3. The van der Waals surface area contributed by atoms with E-state index in [1.807, 2.05) is 6.92 Å². The lowest BCUT2D eigenvalue weighted by Crippen LogP contribution is -2.69. The molecule has 2 bridgehead atoms. The lowest BCUT2D eigenvalue weighted by molar-refractivity contribution is -0.240. The molecule has 26 heavy (non-hydrogen) atoms. The molecule has 4 aliphatic carbocycles. The zero-order valence-electron chi connectivity index (χ0n) is 15.3. The molecule has 0 amide bonds. The van der Waals surface area contributed by atoms with Gasteiger partial charge in [0.15, 0.2) is 5.78 Å². The van der Waals surface area contributed by atoms with E-state index >= 15 is 0 Å². The number of aliphatic hydroxyl groups is 3. The van der Waals surface area contributed by atoms with Gasteiger partial charge >= 0.3 is 5.97 Å². The van der Waals surface area contributed by atoms with Gasteiger partial charge in [-0.2, -0.15) is 0 Å². The first-order valence-corrected chi connectivity index (χ1v) is 9.54. The zero-order chi connectivity index (χ0) is 19.2. The van der Waals surface area contributed by atoms with Crippen LogP contribution in [0.2, 0.25) is 0 Å². The van der Waals surface area contributed by atoms with Crippen LogP contribution in [0.5, 0.6) is 0 Å². The zero-order valence-corrected chi connectivity index (χ0v) is 15.3. The van der Waals surface area contributed by atoms with Gasteiger partial charge in [0.05, 0.1) is 29.1 Å². The van der Waals surface area contributed by atoms with Crippen LogP contribution in [0.1, 0.15) is 46.0 Å². The van der Waals surface area contributed by atoms with Gasteiger partial charge in [-0.25, -0.2) is 0 Å². The first-order chi connectivity index (χ1) is 12.0. The van der Waals surface area contributed by atoms with Gasteiger partial charge in [0.25, 0.3) is 0 Å². The van der Waals surface area contributed by atoms with Crippen LogP contribution in [-0.4, -0.2) is 50.5 Å². The van der Waals surface area contributed by atoms with Gasteiger partial charge in [-0.3, -0.25) is 9.59 Å². The third-order valence-electron chi connectivity index (χ3n) is 8.66. The van der Waals surface area contributed by atoms with Crippen LogP contribution in [0, 0.1) is 34.0 Å². The third kappa shape index (κ3) is 1.74. The van der Waals surface area contributed by atoms with Crippen LogP contribution >= 0.6 is 0 Å². The minimum absolute atomic E-state index is 0.175. The van der Waals surface area contributed by atoms with Gasteiger partial charge < -0.3 is 20.4 Å². The van der Waals surface area contributed by atoms with E-state index in [9.17, 15) is 30.0 Å². The van der Waals surface area contributed by atoms with Gasteiger partial charge in [0, 0.05) is 5.92 Å². The van der Waals surface area contributed by atoms with Crippen molar-refractivity contribution in [3.63, 3.8) is 0 Å². The molecular formula is C20H28O6. The van der Waals surface area contributed by atoms with Crippen molar-refractivity contribution in [2.24, 2.45) is 34.0 Å². The molecule has 0 radical (unpaired) electrons. The van der Waals surface area contributed by atoms with Crippen molar-refractivity contribution in [3.05, 3.63) is 12.2 Å². The molecular weight excluding hydrogens is 336 g/mol. The number of carbonyl (C=O) groups is 2. The Hall–Kier alpha value is -1.24. The number of rotatable bonds is 1. The second-order valence-corrected chi connectivity index (χ2v) is 9.50. The second kappa shape index (κ2) is 5.18. The molecule has 0 aliphatic heterocycles. The van der Waals surface area contributed by atoms with Crippen molar-refractivity contribution in [2.75, 3.05) is 0 Å². The van der Waals surface area contributed by atoms with Crippen molar-refractivity contribution < 1.29 is 30.0 Å². The highest BCUT2D eigenvalue weighted by Crippen LogP contribution is 2.71. The Labute approximate surface area is 152 Å². The molecule has 4 rings (SSSR count). The van der Waals surface area contributed by atoms with Crippen molar-refractivity contribution in [3.8, 4) is 0 Å². The summed E-state index contributed by atoms with van der Waals surface area (Å²) in [6, 6.07) is 0. The van der Waals surface area contributed by atoms with Crippen LogP contribution < -0.4 is 0 Å². The molecule has 0 saturated heterocycles. The normalized spacial score (nSPS) is 56.0. The van der Waals surface area contributed by atoms with Crippen molar-refractivity contribution >= 4 is 11.8 Å². The molecule has 144 valence electrons. The number of fused-ring (bicyclic) bond motifs is 3. The molecule has 4 saturated carbocycles. The predicted molar refractivity (Wildman–Crippen MR) is 92.0 cm³/mol. The number of aliphatic hydroxyl groups excluding tert-OH is 3. The number of hydrogen-bond acceptors (Lipinski definition) is 5. The number of carboxylic acid groups (broad SMARTS) is 1. The summed E-state index contributed by atoms with van der Waals surface area (Å²) < 4.78 is 0. The first kappa shape index (κ1) is 18.1. The number of Topliss-reactive ketones (excluding diaryl/α,β-unsaturated/α-hetero) is 1. The van der Waals surface area contributed by atoms with E-state index in [1.165, 1.54) is 0 Å². The lowest BCUT2D eigenvalue weighted by Gasteiger charge is -2.65. The molecule has 0 heterocycles. The topological polar surface area (TPSA) is 115 Å². The fourth-order valence-electron chi connectivity index (χ4n) is 7.37. The van der Waals surface area contributed by atoms with Crippen molar-refractivity contribution in [1.82, 2.24) is 0 Å². The van der Waals surface area contributed by atoms with E-state index in [0.29, 0.717) is 12.8 Å². The molecule has 6 unspecified atom stereocenters. The average Bonchev–Trinajstić information content (AvgIpc) is 2.69. The summed E-state index contributed by atoms with van der Waals surface area (Å²) in [6.07, 6.45) is -0.763. The maximum Gasteiger partial charge on any atom is 0.309 e. The monoisotopic (exact) mass is 364 g/mol. The summed E-state index contributed by atoms with van der Waals surface area (Å²) in [5.74, 6) is -2.73. The quantitative estimate of drug-likeness (QED) is 0.519. The van der Waals surface area contributed by atoms with E-state index in [2.05, 4.69) is 6.58 Å². The Kier molecular flexibility index (Phi) is 3.61. The van der Waals surface area contributed by atoms with E-state index in [4.69, 9.17) is 0 Å². The molecule has 1 spiro atoms. The van der Waals surface area contributed by atoms with E-state index < -0.39 is 52.4 Å². The summed E-state index contributed by atoms with van der Waals surface area (Å²) in [5, 5.41) is 42.6. The molecule has 4 fully saturated rings. The van der Waals surface area contributed by atoms with Crippen LogP contribution in [0.25, 0.3) is 0 Å². The highest BCUT2D eigenvalue weighted by Gasteiger charge is 2.76. The summed E-state index contributed by atoms with van der Waals surface area (Å²) in [6.45, 7) is 7.53. The van der Waals surface area contributed by atoms with Crippen LogP contribution in [0.4, 0.5) is 0 Å². The second-order valence-electron chi connectivity index (χ2n) is 9.50. The van der Waals surface area contributed by atoms with Gasteiger partial charge in [-0.05, 0) is 55.4 Å². The van der Waals surface area contributed by atoms with Crippen LogP contribution in [0.3, 0.4) is 0 Å². The summed E-state index contributed by atoms with van der Waals surface area (Å²) >= 11 is 0. The Morgan fingerprint density at radius 2 is 1.77 bits per heavy atom. The Morgan fingerprint density at radius 1 is 1.12 bits per heavy atom. The first-order valence-electron chi connectivity index (χ1n) is 9.54. The maximum absolute atomic E-state index is 13.2. The number of hydrogen-bond donors (Lipinski definition) is 4. The highest BCUT2D eigenvalue weighted by atomic mass is 16.4. The fourth-order valence-corrected chi connectivity index (χ4v) is 7.37. The number of carboxylic acids is 1. The smallest absolute Gasteiger partial charge is 0.309 e. The molecule has 9 atom stereocenters. The van der Waals surface area contributed by atoms with Crippen molar-refractivity contribution in [1.29, 1.82) is 0 Å². The minimum atomic E-state index is -1.36.